The van der Waals surface area contributed by atoms with Crippen molar-refractivity contribution in [3.8, 4) is 0 Å². The quantitative estimate of drug-likeness (QED) is 0.664. The molecule has 0 aromatic heterocycles. The molecule has 106 valence electrons. The standard InChI is InChI=1S/C16H32N2/c1-2-3-4-5-6-7-8-12-18-13-11-15-9-10-16(14-18)17-15/h15-17H,2-14H2,1H3. The van der Waals surface area contributed by atoms with E-state index in [2.05, 4.69) is 17.1 Å². The number of fused-ring (bicyclic) bond motifs is 2. The highest BCUT2D eigenvalue weighted by Crippen LogP contribution is 2.20. The zero-order valence-corrected chi connectivity index (χ0v) is 12.3. The lowest BCUT2D eigenvalue weighted by Crippen LogP contribution is -2.35. The van der Waals surface area contributed by atoms with E-state index >= 15 is 0 Å². The number of hydrogen-bond donors (Lipinski definition) is 1. The van der Waals surface area contributed by atoms with Crippen molar-refractivity contribution in [2.24, 2.45) is 0 Å². The summed E-state index contributed by atoms with van der Waals surface area (Å²) >= 11 is 0. The largest absolute Gasteiger partial charge is 0.310 e. The second-order valence-corrected chi connectivity index (χ2v) is 6.35. The Morgan fingerprint density at radius 2 is 1.61 bits per heavy atom. The molecule has 2 aliphatic heterocycles. The molecule has 2 unspecified atom stereocenters. The average molecular weight is 252 g/mol. The Morgan fingerprint density at radius 3 is 2.44 bits per heavy atom. The maximum Gasteiger partial charge on any atom is 0.0198 e. The molecule has 0 aromatic carbocycles. The van der Waals surface area contributed by atoms with Crippen LogP contribution in [0.25, 0.3) is 0 Å². The Balaban J connectivity index is 1.49. The molecule has 2 aliphatic rings. The Morgan fingerprint density at radius 1 is 0.889 bits per heavy atom. The monoisotopic (exact) mass is 252 g/mol. The molecule has 2 saturated heterocycles. The van der Waals surface area contributed by atoms with Gasteiger partial charge in [0.25, 0.3) is 0 Å². The first kappa shape index (κ1) is 14.3. The van der Waals surface area contributed by atoms with Gasteiger partial charge in [-0.25, -0.2) is 0 Å². The first-order valence-electron chi connectivity index (χ1n) is 8.37. The summed E-state index contributed by atoms with van der Waals surface area (Å²) in [5.74, 6) is 0. The molecule has 0 amide bonds. The van der Waals surface area contributed by atoms with Gasteiger partial charge in [-0.2, -0.15) is 0 Å². The molecule has 2 heterocycles. The van der Waals surface area contributed by atoms with Crippen LogP contribution in [0.15, 0.2) is 0 Å². The van der Waals surface area contributed by atoms with Gasteiger partial charge in [0.05, 0.1) is 0 Å². The van der Waals surface area contributed by atoms with Crippen LogP contribution in [0.1, 0.15) is 71.1 Å². The number of rotatable bonds is 8. The predicted octanol–water partition coefficient (Wildman–Crippen LogP) is 3.56. The number of nitrogens with zero attached hydrogens (tertiary/aromatic N) is 1. The first-order valence-corrected chi connectivity index (χ1v) is 8.37. The number of nitrogens with one attached hydrogen (secondary N) is 1. The molecule has 2 heteroatoms. The van der Waals surface area contributed by atoms with Crippen molar-refractivity contribution in [3.63, 3.8) is 0 Å². The maximum absolute atomic E-state index is 3.77. The fraction of sp³-hybridized carbons (Fsp3) is 1.00. The highest BCUT2D eigenvalue weighted by molar-refractivity contribution is 4.89. The van der Waals surface area contributed by atoms with E-state index in [1.165, 1.54) is 83.8 Å². The van der Waals surface area contributed by atoms with Crippen LogP contribution in [-0.4, -0.2) is 36.6 Å². The van der Waals surface area contributed by atoms with Crippen LogP contribution < -0.4 is 5.32 Å². The van der Waals surface area contributed by atoms with E-state index in [0.29, 0.717) is 0 Å². The summed E-state index contributed by atoms with van der Waals surface area (Å²) in [6.45, 7) is 6.29. The molecule has 0 saturated carbocycles. The van der Waals surface area contributed by atoms with Gasteiger partial charge in [-0.05, 0) is 38.8 Å². The van der Waals surface area contributed by atoms with E-state index in [1.807, 2.05) is 0 Å². The van der Waals surface area contributed by atoms with Crippen LogP contribution in [0.5, 0.6) is 0 Å². The minimum absolute atomic E-state index is 0.807. The zero-order valence-electron chi connectivity index (χ0n) is 12.3. The fourth-order valence-corrected chi connectivity index (χ4v) is 3.51. The summed E-state index contributed by atoms with van der Waals surface area (Å²) in [5, 5.41) is 3.77. The van der Waals surface area contributed by atoms with Crippen LogP contribution in [0.2, 0.25) is 0 Å². The van der Waals surface area contributed by atoms with E-state index in [-0.39, 0.29) is 0 Å². The molecular formula is C16H32N2. The van der Waals surface area contributed by atoms with E-state index in [4.69, 9.17) is 0 Å². The Hall–Kier alpha value is -0.0800. The van der Waals surface area contributed by atoms with Gasteiger partial charge in [0.15, 0.2) is 0 Å². The molecule has 0 spiro atoms. The summed E-state index contributed by atoms with van der Waals surface area (Å²) in [6.07, 6.45) is 14.3. The molecule has 18 heavy (non-hydrogen) atoms. The highest BCUT2D eigenvalue weighted by Gasteiger charge is 2.28. The molecule has 1 N–H and O–H groups in total. The van der Waals surface area contributed by atoms with Crippen LogP contribution in [0.4, 0.5) is 0 Å². The Bertz CT molecular complexity index is 217. The van der Waals surface area contributed by atoms with Crippen LogP contribution >= 0.6 is 0 Å². The smallest absolute Gasteiger partial charge is 0.0198 e. The van der Waals surface area contributed by atoms with Crippen molar-refractivity contribution in [2.45, 2.75) is 83.2 Å². The molecule has 2 atom stereocenters. The summed E-state index contributed by atoms with van der Waals surface area (Å²) in [4.78, 5) is 2.71. The molecule has 0 aromatic rings. The maximum atomic E-state index is 3.77. The van der Waals surface area contributed by atoms with Crippen molar-refractivity contribution in [1.82, 2.24) is 10.2 Å². The molecule has 2 rings (SSSR count). The van der Waals surface area contributed by atoms with Gasteiger partial charge >= 0.3 is 0 Å². The fourth-order valence-electron chi connectivity index (χ4n) is 3.51. The lowest BCUT2D eigenvalue weighted by Gasteiger charge is -2.23. The summed E-state index contributed by atoms with van der Waals surface area (Å²) in [6, 6.07) is 1.65. The van der Waals surface area contributed by atoms with Crippen molar-refractivity contribution >= 4 is 0 Å². The zero-order chi connectivity index (χ0) is 12.6. The van der Waals surface area contributed by atoms with E-state index in [0.717, 1.165) is 12.1 Å². The van der Waals surface area contributed by atoms with Crippen molar-refractivity contribution in [3.05, 3.63) is 0 Å². The third-order valence-electron chi connectivity index (χ3n) is 4.69. The van der Waals surface area contributed by atoms with Gasteiger partial charge in [0.2, 0.25) is 0 Å². The van der Waals surface area contributed by atoms with E-state index in [9.17, 15) is 0 Å². The minimum Gasteiger partial charge on any atom is -0.310 e. The van der Waals surface area contributed by atoms with Gasteiger partial charge < -0.3 is 10.2 Å². The van der Waals surface area contributed by atoms with Crippen LogP contribution in [0.3, 0.4) is 0 Å². The number of hydrogen-bond acceptors (Lipinski definition) is 2. The van der Waals surface area contributed by atoms with Crippen LogP contribution in [0, 0.1) is 0 Å². The van der Waals surface area contributed by atoms with Gasteiger partial charge in [-0.15, -0.1) is 0 Å². The SMILES string of the molecule is CCCCCCCCCN1CCC2CCC(C1)N2. The van der Waals surface area contributed by atoms with E-state index < -0.39 is 0 Å². The third-order valence-corrected chi connectivity index (χ3v) is 4.69. The van der Waals surface area contributed by atoms with Crippen molar-refractivity contribution in [2.75, 3.05) is 19.6 Å². The minimum atomic E-state index is 0.807. The first-order chi connectivity index (χ1) is 8.88. The molecule has 2 fully saturated rings. The van der Waals surface area contributed by atoms with Crippen molar-refractivity contribution in [1.29, 1.82) is 0 Å². The lowest BCUT2D eigenvalue weighted by molar-refractivity contribution is 0.253. The van der Waals surface area contributed by atoms with Gasteiger partial charge in [0, 0.05) is 18.6 Å². The van der Waals surface area contributed by atoms with Gasteiger partial charge in [-0.3, -0.25) is 0 Å². The second kappa shape index (κ2) is 8.16. The van der Waals surface area contributed by atoms with Crippen LogP contribution in [-0.2, 0) is 0 Å². The van der Waals surface area contributed by atoms with Crippen molar-refractivity contribution < 1.29 is 0 Å². The number of unbranched alkanes of at least 4 members (excludes halogenated alkanes) is 6. The molecular weight excluding hydrogens is 220 g/mol. The molecule has 0 radical (unpaired) electrons. The summed E-state index contributed by atoms with van der Waals surface area (Å²) in [5.41, 5.74) is 0. The molecule has 2 bridgehead atoms. The van der Waals surface area contributed by atoms with Gasteiger partial charge in [0.1, 0.15) is 0 Å². The number of likely N-dealkylation sites (tertiary alicyclic amines) is 1. The summed E-state index contributed by atoms with van der Waals surface area (Å²) < 4.78 is 0. The summed E-state index contributed by atoms with van der Waals surface area (Å²) in [7, 11) is 0. The topological polar surface area (TPSA) is 15.3 Å². The molecule has 0 aliphatic carbocycles. The third kappa shape index (κ3) is 4.89. The highest BCUT2D eigenvalue weighted by atomic mass is 15.2. The average Bonchev–Trinajstić information content (AvgIpc) is 2.70. The van der Waals surface area contributed by atoms with Gasteiger partial charge in [-0.1, -0.05) is 45.4 Å². The second-order valence-electron chi connectivity index (χ2n) is 6.35. The normalized spacial score (nSPS) is 28.5. The molecule has 2 nitrogen and oxygen atoms in total. The van der Waals surface area contributed by atoms with E-state index in [1.54, 1.807) is 0 Å². The Kier molecular flexibility index (Phi) is 6.50. The lowest BCUT2D eigenvalue weighted by atomic mass is 10.1. The predicted molar refractivity (Wildman–Crippen MR) is 79.0 cm³/mol. The Labute approximate surface area is 114 Å².